The van der Waals surface area contributed by atoms with Gasteiger partial charge in [-0.15, -0.1) is 0 Å². The molecule has 1 amide bonds. The SMILES string of the molecule is COc1cc2c(cc1CN1CCN(c3ccc(C#N)cc3)C(=O)C1)CCC2. The Morgan fingerprint density at radius 2 is 1.85 bits per heavy atom. The molecule has 1 heterocycles. The maximum atomic E-state index is 12.7. The van der Waals surface area contributed by atoms with Crippen molar-refractivity contribution >= 4 is 11.6 Å². The van der Waals surface area contributed by atoms with Gasteiger partial charge < -0.3 is 9.64 Å². The number of piperazine rings is 1. The second-order valence-corrected chi connectivity index (χ2v) is 7.20. The number of anilines is 1. The van der Waals surface area contributed by atoms with Crippen molar-refractivity contribution < 1.29 is 9.53 Å². The van der Waals surface area contributed by atoms with Crippen LogP contribution in [0.1, 0.15) is 28.7 Å². The van der Waals surface area contributed by atoms with Crippen LogP contribution in [0.2, 0.25) is 0 Å². The van der Waals surface area contributed by atoms with Gasteiger partial charge in [-0.1, -0.05) is 6.07 Å². The van der Waals surface area contributed by atoms with Crippen molar-refractivity contribution in [3.05, 3.63) is 58.7 Å². The van der Waals surface area contributed by atoms with E-state index >= 15 is 0 Å². The number of hydrogen-bond acceptors (Lipinski definition) is 4. The van der Waals surface area contributed by atoms with Crippen LogP contribution < -0.4 is 9.64 Å². The summed E-state index contributed by atoms with van der Waals surface area (Å²) in [6.07, 6.45) is 3.48. The highest BCUT2D eigenvalue weighted by molar-refractivity contribution is 5.95. The van der Waals surface area contributed by atoms with E-state index in [2.05, 4.69) is 23.1 Å². The van der Waals surface area contributed by atoms with Gasteiger partial charge in [0, 0.05) is 30.9 Å². The predicted molar refractivity (Wildman–Crippen MR) is 104 cm³/mol. The van der Waals surface area contributed by atoms with Crippen LogP contribution >= 0.6 is 0 Å². The van der Waals surface area contributed by atoms with Gasteiger partial charge in [-0.3, -0.25) is 9.69 Å². The minimum Gasteiger partial charge on any atom is -0.496 e. The van der Waals surface area contributed by atoms with E-state index in [1.165, 1.54) is 17.5 Å². The number of carbonyl (C=O) groups is 1. The molecule has 5 heteroatoms. The average molecular weight is 361 g/mol. The molecule has 0 saturated carbocycles. The van der Waals surface area contributed by atoms with E-state index < -0.39 is 0 Å². The number of hydrogen-bond donors (Lipinski definition) is 0. The minimum absolute atomic E-state index is 0.0890. The van der Waals surface area contributed by atoms with Crippen molar-refractivity contribution in [3.63, 3.8) is 0 Å². The Labute approximate surface area is 159 Å². The van der Waals surface area contributed by atoms with Gasteiger partial charge in [-0.25, -0.2) is 0 Å². The zero-order chi connectivity index (χ0) is 18.8. The van der Waals surface area contributed by atoms with Gasteiger partial charge >= 0.3 is 0 Å². The van der Waals surface area contributed by atoms with Crippen LogP contribution in [0.15, 0.2) is 36.4 Å². The Balaban J connectivity index is 1.46. The molecule has 2 aromatic rings. The first-order valence-corrected chi connectivity index (χ1v) is 9.39. The maximum Gasteiger partial charge on any atom is 0.241 e. The summed E-state index contributed by atoms with van der Waals surface area (Å²) in [4.78, 5) is 16.7. The van der Waals surface area contributed by atoms with Gasteiger partial charge in [0.05, 0.1) is 25.3 Å². The van der Waals surface area contributed by atoms with Crippen molar-refractivity contribution in [2.45, 2.75) is 25.8 Å². The minimum atomic E-state index is 0.0890. The van der Waals surface area contributed by atoms with Gasteiger partial charge in [0.2, 0.25) is 5.91 Å². The molecule has 2 aliphatic rings. The van der Waals surface area contributed by atoms with Crippen LogP contribution in [0, 0.1) is 11.3 Å². The number of nitrogens with zero attached hydrogens (tertiary/aromatic N) is 3. The number of aryl methyl sites for hydroxylation is 2. The van der Waals surface area contributed by atoms with Crippen LogP contribution in [0.25, 0.3) is 0 Å². The quantitative estimate of drug-likeness (QED) is 0.840. The second kappa shape index (κ2) is 7.42. The lowest BCUT2D eigenvalue weighted by atomic mass is 10.0. The monoisotopic (exact) mass is 361 g/mol. The number of nitriles is 1. The van der Waals surface area contributed by atoms with Gasteiger partial charge in [0.1, 0.15) is 5.75 Å². The molecule has 1 aliphatic heterocycles. The normalized spacial score (nSPS) is 16.9. The van der Waals surface area contributed by atoms with Gasteiger partial charge in [0.15, 0.2) is 0 Å². The number of benzene rings is 2. The average Bonchev–Trinajstić information content (AvgIpc) is 3.15. The Morgan fingerprint density at radius 3 is 2.52 bits per heavy atom. The van der Waals surface area contributed by atoms with Crippen molar-refractivity contribution in [1.82, 2.24) is 4.90 Å². The third-order valence-electron chi connectivity index (χ3n) is 5.50. The van der Waals surface area contributed by atoms with E-state index in [1.807, 2.05) is 12.1 Å². The van der Waals surface area contributed by atoms with Crippen molar-refractivity contribution in [1.29, 1.82) is 5.26 Å². The molecule has 0 aromatic heterocycles. The van der Waals surface area contributed by atoms with Gasteiger partial charge in [-0.05, 0) is 60.7 Å². The first-order valence-electron chi connectivity index (χ1n) is 9.39. The van der Waals surface area contributed by atoms with Crippen molar-refractivity contribution in [2.24, 2.45) is 0 Å². The standard InChI is InChI=1S/C22H23N3O2/c1-27-21-12-18-4-2-3-17(18)11-19(21)14-24-9-10-25(22(26)15-24)20-7-5-16(13-23)6-8-20/h5-8,11-12H,2-4,9-10,14-15H2,1H3. The van der Waals surface area contributed by atoms with Crippen LogP contribution in [0.5, 0.6) is 5.75 Å². The first kappa shape index (κ1) is 17.6. The lowest BCUT2D eigenvalue weighted by Crippen LogP contribution is -2.50. The van der Waals surface area contributed by atoms with Crippen LogP contribution in [-0.2, 0) is 24.2 Å². The first-order chi connectivity index (χ1) is 13.2. The van der Waals surface area contributed by atoms with E-state index in [9.17, 15) is 4.79 Å². The van der Waals surface area contributed by atoms with E-state index in [4.69, 9.17) is 10.00 Å². The van der Waals surface area contributed by atoms with Crippen LogP contribution in [-0.4, -0.2) is 37.6 Å². The lowest BCUT2D eigenvalue weighted by molar-refractivity contribution is -0.121. The van der Waals surface area contributed by atoms with Crippen molar-refractivity contribution in [3.8, 4) is 11.8 Å². The molecule has 0 unspecified atom stereocenters. The number of ether oxygens (including phenoxy) is 1. The summed E-state index contributed by atoms with van der Waals surface area (Å²) < 4.78 is 5.60. The third kappa shape index (κ3) is 3.54. The molecule has 1 fully saturated rings. The number of fused-ring (bicyclic) bond motifs is 1. The summed E-state index contributed by atoms with van der Waals surface area (Å²) in [6.45, 7) is 2.58. The molecule has 2 aromatic carbocycles. The highest BCUT2D eigenvalue weighted by Gasteiger charge is 2.26. The fraction of sp³-hybridized carbons (Fsp3) is 0.364. The molecule has 0 atom stereocenters. The Kier molecular flexibility index (Phi) is 4.83. The van der Waals surface area contributed by atoms with E-state index in [0.29, 0.717) is 18.7 Å². The lowest BCUT2D eigenvalue weighted by Gasteiger charge is -2.34. The van der Waals surface area contributed by atoms with Gasteiger partial charge in [0.25, 0.3) is 0 Å². The molecule has 1 saturated heterocycles. The maximum absolute atomic E-state index is 12.7. The Hall–Kier alpha value is -2.84. The summed E-state index contributed by atoms with van der Waals surface area (Å²) in [7, 11) is 1.72. The molecule has 1 aliphatic carbocycles. The smallest absolute Gasteiger partial charge is 0.241 e. The molecule has 5 nitrogen and oxygen atoms in total. The summed E-state index contributed by atoms with van der Waals surface area (Å²) in [6, 6.07) is 13.7. The van der Waals surface area contributed by atoms with Crippen LogP contribution in [0.4, 0.5) is 5.69 Å². The molecule has 0 bridgehead atoms. The largest absolute Gasteiger partial charge is 0.496 e. The topological polar surface area (TPSA) is 56.6 Å². The molecular formula is C22H23N3O2. The van der Waals surface area contributed by atoms with E-state index in [0.717, 1.165) is 42.9 Å². The Morgan fingerprint density at radius 1 is 1.11 bits per heavy atom. The fourth-order valence-electron chi connectivity index (χ4n) is 4.05. The summed E-state index contributed by atoms with van der Waals surface area (Å²) in [5, 5.41) is 8.92. The molecule has 27 heavy (non-hydrogen) atoms. The number of rotatable bonds is 4. The highest BCUT2D eigenvalue weighted by atomic mass is 16.5. The zero-order valence-electron chi connectivity index (χ0n) is 15.6. The van der Waals surface area contributed by atoms with Gasteiger partial charge in [-0.2, -0.15) is 5.26 Å². The molecule has 0 radical (unpaired) electrons. The molecular weight excluding hydrogens is 338 g/mol. The predicted octanol–water partition coefficient (Wildman–Crippen LogP) is 2.90. The molecule has 4 rings (SSSR count). The summed E-state index contributed by atoms with van der Waals surface area (Å²) in [5.41, 5.74) is 5.45. The summed E-state index contributed by atoms with van der Waals surface area (Å²) in [5.74, 6) is 1.02. The van der Waals surface area contributed by atoms with E-state index in [1.54, 1.807) is 24.1 Å². The molecule has 0 N–H and O–H groups in total. The summed E-state index contributed by atoms with van der Waals surface area (Å²) >= 11 is 0. The van der Waals surface area contributed by atoms with Crippen LogP contribution in [0.3, 0.4) is 0 Å². The molecule has 0 spiro atoms. The van der Waals surface area contributed by atoms with Crippen molar-refractivity contribution in [2.75, 3.05) is 31.6 Å². The third-order valence-corrected chi connectivity index (χ3v) is 5.50. The fourth-order valence-corrected chi connectivity index (χ4v) is 4.05. The molecule has 138 valence electrons. The number of amides is 1. The van der Waals surface area contributed by atoms with E-state index in [-0.39, 0.29) is 5.91 Å². The second-order valence-electron chi connectivity index (χ2n) is 7.20. The Bertz CT molecular complexity index is 899. The highest BCUT2D eigenvalue weighted by Crippen LogP contribution is 2.31. The zero-order valence-corrected chi connectivity index (χ0v) is 15.6. The number of carbonyl (C=O) groups excluding carboxylic acids is 1. The number of methoxy groups -OCH3 is 1.